The molecule has 1 aliphatic heterocycles. The Bertz CT molecular complexity index is 155. The van der Waals surface area contributed by atoms with Crippen LogP contribution in [0, 0.1) is 11.8 Å². The van der Waals surface area contributed by atoms with E-state index >= 15 is 0 Å². The maximum atomic E-state index is 6.06. The average molecular weight is 227 g/mol. The van der Waals surface area contributed by atoms with Crippen molar-refractivity contribution in [1.29, 1.82) is 0 Å². The average Bonchev–Trinajstić information content (AvgIpc) is 2.31. The molecule has 2 rings (SSSR count). The molecule has 0 radical (unpaired) electrons. The summed E-state index contributed by atoms with van der Waals surface area (Å²) in [6.45, 7) is 2.53. The van der Waals surface area contributed by atoms with Crippen molar-refractivity contribution in [2.45, 2.75) is 25.3 Å². The molecule has 3 atom stereocenters. The van der Waals surface area contributed by atoms with E-state index in [1.54, 1.807) is 0 Å². The number of halogens is 2. The second-order valence-corrected chi connectivity index (χ2v) is 4.24. The van der Waals surface area contributed by atoms with Gasteiger partial charge in [-0.25, -0.2) is 0 Å². The Kier molecular flexibility index (Phi) is 5.61. The van der Waals surface area contributed by atoms with Gasteiger partial charge in [0.2, 0.25) is 0 Å². The summed E-state index contributed by atoms with van der Waals surface area (Å²) in [5.74, 6) is 1.73. The monoisotopic (exact) mass is 226 g/mol. The minimum atomic E-state index is 0. The molecule has 3 unspecified atom stereocenters. The van der Waals surface area contributed by atoms with Gasteiger partial charge in [-0.05, 0) is 31.7 Å². The van der Waals surface area contributed by atoms with Gasteiger partial charge < -0.3 is 10.6 Å². The van der Waals surface area contributed by atoms with Crippen LogP contribution in [0.25, 0.3) is 0 Å². The number of rotatable bonds is 0. The Morgan fingerprint density at radius 2 is 1.85 bits per heavy atom. The highest BCUT2D eigenvalue weighted by molar-refractivity contribution is 5.85. The van der Waals surface area contributed by atoms with Crippen LogP contribution >= 0.6 is 24.8 Å². The Labute approximate surface area is 93.1 Å². The van der Waals surface area contributed by atoms with E-state index in [0.29, 0.717) is 6.04 Å². The summed E-state index contributed by atoms with van der Waals surface area (Å²) in [4.78, 5) is 2.43. The van der Waals surface area contributed by atoms with Crippen molar-refractivity contribution in [3.8, 4) is 0 Å². The summed E-state index contributed by atoms with van der Waals surface area (Å²) in [5.41, 5.74) is 6.06. The van der Waals surface area contributed by atoms with Gasteiger partial charge in [0.15, 0.2) is 0 Å². The van der Waals surface area contributed by atoms with Crippen molar-refractivity contribution in [2.75, 3.05) is 20.1 Å². The fourth-order valence-corrected chi connectivity index (χ4v) is 2.74. The molecule has 0 aromatic rings. The van der Waals surface area contributed by atoms with E-state index in [1.165, 1.54) is 32.4 Å². The minimum absolute atomic E-state index is 0. The normalized spacial score (nSPS) is 38.8. The Balaban J connectivity index is 0.000000720. The van der Waals surface area contributed by atoms with Crippen LogP contribution in [0.5, 0.6) is 0 Å². The molecule has 0 amide bonds. The highest BCUT2D eigenvalue weighted by Gasteiger charge is 2.36. The number of nitrogens with two attached hydrogens (primary N) is 1. The Hall–Kier alpha value is 0.500. The standard InChI is InChI=1S/C9H18N2.2ClH/c1-11-5-7-3-2-4-9(10)8(7)6-11;;/h7-9H,2-6,10H2,1H3;2*1H. The van der Waals surface area contributed by atoms with Gasteiger partial charge in [0.05, 0.1) is 0 Å². The van der Waals surface area contributed by atoms with E-state index in [1.807, 2.05) is 0 Å². The maximum Gasteiger partial charge on any atom is 0.00825 e. The van der Waals surface area contributed by atoms with Gasteiger partial charge in [0.25, 0.3) is 0 Å². The zero-order chi connectivity index (χ0) is 7.84. The van der Waals surface area contributed by atoms with E-state index in [0.717, 1.165) is 11.8 Å². The number of likely N-dealkylation sites (tertiary alicyclic amines) is 1. The Morgan fingerprint density at radius 3 is 2.46 bits per heavy atom. The van der Waals surface area contributed by atoms with Crippen LogP contribution in [0.1, 0.15) is 19.3 Å². The number of fused-ring (bicyclic) bond motifs is 1. The fraction of sp³-hybridized carbons (Fsp3) is 1.00. The van der Waals surface area contributed by atoms with E-state index in [2.05, 4.69) is 11.9 Å². The molecule has 1 saturated carbocycles. The van der Waals surface area contributed by atoms with Crippen LogP contribution in [-0.2, 0) is 0 Å². The van der Waals surface area contributed by atoms with E-state index in [4.69, 9.17) is 5.73 Å². The summed E-state index contributed by atoms with van der Waals surface area (Å²) >= 11 is 0. The largest absolute Gasteiger partial charge is 0.327 e. The summed E-state index contributed by atoms with van der Waals surface area (Å²) in [6, 6.07) is 0.499. The molecule has 2 nitrogen and oxygen atoms in total. The summed E-state index contributed by atoms with van der Waals surface area (Å²) in [5, 5.41) is 0. The van der Waals surface area contributed by atoms with E-state index < -0.39 is 0 Å². The molecule has 13 heavy (non-hydrogen) atoms. The van der Waals surface area contributed by atoms with Crippen molar-refractivity contribution >= 4 is 24.8 Å². The van der Waals surface area contributed by atoms with Gasteiger partial charge in [-0.2, -0.15) is 0 Å². The molecule has 0 bridgehead atoms. The molecule has 2 aliphatic rings. The minimum Gasteiger partial charge on any atom is -0.327 e. The summed E-state index contributed by atoms with van der Waals surface area (Å²) < 4.78 is 0. The lowest BCUT2D eigenvalue weighted by Gasteiger charge is -2.29. The quantitative estimate of drug-likeness (QED) is 0.679. The van der Waals surface area contributed by atoms with Gasteiger partial charge in [0.1, 0.15) is 0 Å². The molecule has 0 aromatic carbocycles. The van der Waals surface area contributed by atoms with Gasteiger partial charge >= 0.3 is 0 Å². The topological polar surface area (TPSA) is 29.3 Å². The van der Waals surface area contributed by atoms with E-state index in [9.17, 15) is 0 Å². The zero-order valence-electron chi connectivity index (χ0n) is 8.11. The molecule has 1 heterocycles. The third-order valence-electron chi connectivity index (χ3n) is 3.34. The van der Waals surface area contributed by atoms with Crippen molar-refractivity contribution in [2.24, 2.45) is 17.6 Å². The van der Waals surface area contributed by atoms with Crippen LogP contribution < -0.4 is 5.73 Å². The van der Waals surface area contributed by atoms with Gasteiger partial charge in [0, 0.05) is 19.1 Å². The first-order valence-electron chi connectivity index (χ1n) is 4.71. The molecular formula is C9H20Cl2N2. The number of hydrogen-bond acceptors (Lipinski definition) is 2. The number of nitrogens with zero attached hydrogens (tertiary/aromatic N) is 1. The predicted octanol–water partition coefficient (Wildman–Crippen LogP) is 1.52. The third-order valence-corrected chi connectivity index (χ3v) is 3.34. The molecule has 1 saturated heterocycles. The molecule has 0 spiro atoms. The molecular weight excluding hydrogens is 207 g/mol. The van der Waals surface area contributed by atoms with Crippen molar-refractivity contribution < 1.29 is 0 Å². The molecule has 2 N–H and O–H groups in total. The smallest absolute Gasteiger partial charge is 0.00825 e. The molecule has 2 fully saturated rings. The lowest BCUT2D eigenvalue weighted by atomic mass is 9.78. The highest BCUT2D eigenvalue weighted by Crippen LogP contribution is 2.34. The lowest BCUT2D eigenvalue weighted by Crippen LogP contribution is -2.38. The summed E-state index contributed by atoms with van der Waals surface area (Å²) in [7, 11) is 2.21. The molecule has 80 valence electrons. The van der Waals surface area contributed by atoms with E-state index in [-0.39, 0.29) is 24.8 Å². The first-order chi connectivity index (χ1) is 5.27. The zero-order valence-corrected chi connectivity index (χ0v) is 9.74. The predicted molar refractivity (Wildman–Crippen MR) is 60.8 cm³/mol. The first kappa shape index (κ1) is 13.5. The molecule has 1 aliphatic carbocycles. The SMILES string of the molecule is CN1CC2CCCC(N)C2C1.Cl.Cl. The van der Waals surface area contributed by atoms with Crippen LogP contribution in [0.15, 0.2) is 0 Å². The second-order valence-electron chi connectivity index (χ2n) is 4.24. The van der Waals surface area contributed by atoms with Crippen molar-refractivity contribution in [1.82, 2.24) is 4.90 Å². The maximum absolute atomic E-state index is 6.06. The van der Waals surface area contributed by atoms with Crippen molar-refractivity contribution in [3.63, 3.8) is 0 Å². The van der Waals surface area contributed by atoms with Crippen LogP contribution in [-0.4, -0.2) is 31.1 Å². The molecule has 4 heteroatoms. The van der Waals surface area contributed by atoms with Gasteiger partial charge in [-0.15, -0.1) is 24.8 Å². The first-order valence-corrected chi connectivity index (χ1v) is 4.71. The van der Waals surface area contributed by atoms with Gasteiger partial charge in [-0.1, -0.05) is 6.42 Å². The number of hydrogen-bond donors (Lipinski definition) is 1. The molecule has 0 aromatic heterocycles. The summed E-state index contributed by atoms with van der Waals surface area (Å²) in [6.07, 6.45) is 4.04. The lowest BCUT2D eigenvalue weighted by molar-refractivity contribution is 0.259. The van der Waals surface area contributed by atoms with Gasteiger partial charge in [-0.3, -0.25) is 0 Å². The third kappa shape index (κ3) is 2.72. The van der Waals surface area contributed by atoms with Crippen molar-refractivity contribution in [3.05, 3.63) is 0 Å². The second kappa shape index (κ2) is 5.40. The highest BCUT2D eigenvalue weighted by atomic mass is 35.5. The van der Waals surface area contributed by atoms with Crippen LogP contribution in [0.2, 0.25) is 0 Å². The van der Waals surface area contributed by atoms with Crippen LogP contribution in [0.3, 0.4) is 0 Å². The Morgan fingerprint density at radius 1 is 1.15 bits per heavy atom. The van der Waals surface area contributed by atoms with Crippen LogP contribution in [0.4, 0.5) is 0 Å². The fourth-order valence-electron chi connectivity index (χ4n) is 2.74.